The van der Waals surface area contributed by atoms with Gasteiger partial charge in [0.2, 0.25) is 0 Å². The Labute approximate surface area is 159 Å². The molecule has 0 spiro atoms. The van der Waals surface area contributed by atoms with E-state index < -0.39 is 10.0 Å². The lowest BCUT2D eigenvalue weighted by atomic mass is 10.2. The molecule has 1 saturated heterocycles. The summed E-state index contributed by atoms with van der Waals surface area (Å²) in [5.41, 5.74) is 5.73. The van der Waals surface area contributed by atoms with Gasteiger partial charge in [0.1, 0.15) is 4.21 Å². The number of hydrogen-bond acceptors (Lipinski definition) is 4. The third-order valence-electron chi connectivity index (χ3n) is 3.51. The number of sulfonamides is 1. The van der Waals surface area contributed by atoms with E-state index in [2.05, 4.69) is 17.2 Å². The van der Waals surface area contributed by atoms with Gasteiger partial charge in [0.25, 0.3) is 10.0 Å². The summed E-state index contributed by atoms with van der Waals surface area (Å²) in [4.78, 5) is 5.12. The topological polar surface area (TPSA) is 87.8 Å². The number of hydrogen-bond donors (Lipinski definition) is 2. The quantitative estimate of drug-likeness (QED) is 0.378. The van der Waals surface area contributed by atoms with Crippen molar-refractivity contribution in [2.45, 2.75) is 43.4 Å². The molecule has 2 rings (SSSR count). The Morgan fingerprint density at radius 1 is 1.35 bits per heavy atom. The van der Waals surface area contributed by atoms with Crippen LogP contribution >= 0.6 is 35.3 Å². The summed E-state index contributed by atoms with van der Waals surface area (Å²) >= 11 is 1.28. The van der Waals surface area contributed by atoms with Gasteiger partial charge in [-0.15, -0.1) is 35.3 Å². The second kappa shape index (κ2) is 9.80. The van der Waals surface area contributed by atoms with Crippen LogP contribution in [-0.4, -0.2) is 38.3 Å². The van der Waals surface area contributed by atoms with Gasteiger partial charge in [0.05, 0.1) is 6.54 Å². The normalized spacial score (nSPS) is 16.8. The van der Waals surface area contributed by atoms with Crippen molar-refractivity contribution in [1.82, 2.24) is 9.62 Å². The van der Waals surface area contributed by atoms with E-state index in [1.165, 1.54) is 11.3 Å². The number of piperidine rings is 1. The molecule has 0 saturated carbocycles. The molecule has 0 aliphatic carbocycles. The predicted octanol–water partition coefficient (Wildman–Crippen LogP) is 2.36. The minimum atomic E-state index is -3.34. The van der Waals surface area contributed by atoms with Crippen LogP contribution in [0.5, 0.6) is 0 Å². The van der Waals surface area contributed by atoms with Crippen molar-refractivity contribution >= 4 is 51.3 Å². The molecule has 6 nitrogen and oxygen atoms in total. The molecule has 1 fully saturated rings. The molecule has 0 unspecified atom stereocenters. The van der Waals surface area contributed by atoms with Crippen LogP contribution in [0.4, 0.5) is 0 Å². The Kier molecular flexibility index (Phi) is 8.80. The first-order chi connectivity index (χ1) is 10.5. The Morgan fingerprint density at radius 3 is 2.70 bits per heavy atom. The molecule has 0 amide bonds. The number of nitrogens with zero attached hydrogens (tertiary/aromatic N) is 2. The van der Waals surface area contributed by atoms with Crippen molar-refractivity contribution < 1.29 is 8.42 Å². The van der Waals surface area contributed by atoms with E-state index in [0.29, 0.717) is 29.8 Å². The smallest absolute Gasteiger partial charge is 0.252 e. The van der Waals surface area contributed by atoms with Crippen LogP contribution in [0, 0.1) is 0 Å². The van der Waals surface area contributed by atoms with E-state index in [1.54, 1.807) is 10.4 Å². The first kappa shape index (κ1) is 20.7. The average molecular weight is 472 g/mol. The summed E-state index contributed by atoms with van der Waals surface area (Å²) in [7, 11) is -3.34. The van der Waals surface area contributed by atoms with Gasteiger partial charge in [-0.3, -0.25) is 0 Å². The fourth-order valence-electron chi connectivity index (χ4n) is 2.29. The minimum absolute atomic E-state index is 0. The Morgan fingerprint density at radius 2 is 2.04 bits per heavy atom. The van der Waals surface area contributed by atoms with Crippen molar-refractivity contribution in [1.29, 1.82) is 0 Å². The molecule has 23 heavy (non-hydrogen) atoms. The van der Waals surface area contributed by atoms with Gasteiger partial charge >= 0.3 is 0 Å². The van der Waals surface area contributed by atoms with Crippen molar-refractivity contribution in [3.05, 3.63) is 17.0 Å². The number of halogens is 1. The molecule has 0 aromatic carbocycles. The zero-order chi connectivity index (χ0) is 16.0. The second-order valence-electron chi connectivity index (χ2n) is 5.31. The number of nitrogens with one attached hydrogen (secondary N) is 1. The van der Waals surface area contributed by atoms with E-state index in [1.807, 2.05) is 6.07 Å². The lowest BCUT2D eigenvalue weighted by molar-refractivity contribution is 0.347. The summed E-state index contributed by atoms with van der Waals surface area (Å²) in [6.45, 7) is 4.50. The van der Waals surface area contributed by atoms with Gasteiger partial charge in [-0.05, 0) is 31.4 Å². The Balaban J connectivity index is 0.00000264. The van der Waals surface area contributed by atoms with Crippen molar-refractivity contribution in [3.8, 4) is 0 Å². The standard InChI is InChI=1S/C14H24N4O2S2.HI/c1-2-8-16-14(15)17-11-12-6-7-13(21-12)22(19,20)18-9-4-3-5-10-18;/h6-7H,2-5,8-11H2,1H3,(H3,15,16,17);1H. The maximum atomic E-state index is 12.5. The summed E-state index contributed by atoms with van der Waals surface area (Å²) in [6, 6.07) is 3.49. The monoisotopic (exact) mass is 472 g/mol. The highest BCUT2D eigenvalue weighted by Gasteiger charge is 2.27. The predicted molar refractivity (Wildman–Crippen MR) is 106 cm³/mol. The van der Waals surface area contributed by atoms with E-state index in [0.717, 1.165) is 37.1 Å². The fraction of sp³-hybridized carbons (Fsp3) is 0.643. The van der Waals surface area contributed by atoms with Crippen LogP contribution in [-0.2, 0) is 16.6 Å². The molecule has 2 heterocycles. The first-order valence-corrected chi connectivity index (χ1v) is 9.92. The largest absolute Gasteiger partial charge is 0.370 e. The molecule has 132 valence electrons. The van der Waals surface area contributed by atoms with Gasteiger partial charge in [-0.25, -0.2) is 13.4 Å². The lowest BCUT2D eigenvalue weighted by Crippen LogP contribution is -2.35. The highest BCUT2D eigenvalue weighted by atomic mass is 127. The molecular weight excluding hydrogens is 447 g/mol. The second-order valence-corrected chi connectivity index (χ2v) is 8.65. The van der Waals surface area contributed by atoms with Gasteiger partial charge in [-0.2, -0.15) is 4.31 Å². The van der Waals surface area contributed by atoms with Crippen molar-refractivity contribution in [2.75, 3.05) is 19.6 Å². The van der Waals surface area contributed by atoms with E-state index in [4.69, 9.17) is 5.73 Å². The highest BCUT2D eigenvalue weighted by Crippen LogP contribution is 2.27. The molecule has 0 atom stereocenters. The molecule has 3 N–H and O–H groups in total. The van der Waals surface area contributed by atoms with E-state index in [-0.39, 0.29) is 24.0 Å². The number of nitrogens with two attached hydrogens (primary N) is 1. The van der Waals surface area contributed by atoms with Gasteiger partial charge in [0.15, 0.2) is 5.96 Å². The Bertz CT molecular complexity index is 610. The SMILES string of the molecule is CCCNC(N)=NCc1ccc(S(=O)(=O)N2CCCCC2)s1.I. The summed E-state index contributed by atoms with van der Waals surface area (Å²) in [5.74, 6) is 0.399. The van der Waals surface area contributed by atoms with Gasteiger partial charge in [0, 0.05) is 24.5 Å². The van der Waals surface area contributed by atoms with Crippen LogP contribution in [0.25, 0.3) is 0 Å². The van der Waals surface area contributed by atoms with Gasteiger partial charge < -0.3 is 11.1 Å². The minimum Gasteiger partial charge on any atom is -0.370 e. The van der Waals surface area contributed by atoms with Gasteiger partial charge in [-0.1, -0.05) is 13.3 Å². The third kappa shape index (κ3) is 5.87. The van der Waals surface area contributed by atoms with Crippen LogP contribution < -0.4 is 11.1 Å². The maximum Gasteiger partial charge on any atom is 0.252 e. The fourth-order valence-corrected chi connectivity index (χ4v) is 5.24. The van der Waals surface area contributed by atoms with Crippen LogP contribution in [0.1, 0.15) is 37.5 Å². The number of rotatable bonds is 6. The number of thiophene rings is 1. The summed E-state index contributed by atoms with van der Waals surface area (Å²) < 4.78 is 27.1. The van der Waals surface area contributed by atoms with Crippen molar-refractivity contribution in [2.24, 2.45) is 10.7 Å². The molecule has 0 bridgehead atoms. The molecular formula is C14H25IN4O2S2. The number of guanidine groups is 1. The Hall–Kier alpha value is -0.390. The van der Waals surface area contributed by atoms with Crippen LogP contribution in [0.2, 0.25) is 0 Å². The van der Waals surface area contributed by atoms with E-state index >= 15 is 0 Å². The number of aliphatic imine (C=N–C) groups is 1. The molecule has 1 aliphatic rings. The molecule has 1 aliphatic heterocycles. The van der Waals surface area contributed by atoms with E-state index in [9.17, 15) is 8.42 Å². The third-order valence-corrected chi connectivity index (χ3v) is 6.94. The summed E-state index contributed by atoms with van der Waals surface area (Å²) in [6.07, 6.45) is 3.98. The lowest BCUT2D eigenvalue weighted by Gasteiger charge is -2.25. The van der Waals surface area contributed by atoms with Crippen molar-refractivity contribution in [3.63, 3.8) is 0 Å². The van der Waals surface area contributed by atoms with Crippen LogP contribution in [0.15, 0.2) is 21.3 Å². The zero-order valence-corrected chi connectivity index (χ0v) is 17.3. The molecule has 1 aromatic rings. The molecule has 1 aromatic heterocycles. The first-order valence-electron chi connectivity index (χ1n) is 7.66. The maximum absolute atomic E-state index is 12.5. The zero-order valence-electron chi connectivity index (χ0n) is 13.3. The molecule has 9 heteroatoms. The summed E-state index contributed by atoms with van der Waals surface area (Å²) in [5, 5.41) is 3.00. The molecule has 0 radical (unpaired) electrons. The average Bonchev–Trinajstić information content (AvgIpc) is 3.01. The van der Waals surface area contributed by atoms with Crippen LogP contribution in [0.3, 0.4) is 0 Å². The highest BCUT2D eigenvalue weighted by molar-refractivity contribution is 14.0.